The Hall–Kier alpha value is -1.33. The number of nitrogens with two attached hydrogens (primary N) is 1. The van der Waals surface area contributed by atoms with Gasteiger partial charge in [0.15, 0.2) is 0 Å². The highest BCUT2D eigenvalue weighted by Crippen LogP contribution is 2.14. The van der Waals surface area contributed by atoms with Crippen molar-refractivity contribution in [1.82, 2.24) is 9.88 Å². The third-order valence-corrected chi connectivity index (χ3v) is 2.50. The Kier molecular flexibility index (Phi) is 4.09. The number of carbonyl (C=O) groups is 1. The molecule has 0 aliphatic heterocycles. The molecule has 6 heteroatoms. The molecule has 0 saturated heterocycles. The van der Waals surface area contributed by atoms with Crippen LogP contribution in [0.25, 0.3) is 0 Å². The number of pyridine rings is 1. The van der Waals surface area contributed by atoms with E-state index >= 15 is 0 Å². The smallest absolute Gasteiger partial charge is 0.254 e. The molecule has 0 aliphatic carbocycles. The topological polar surface area (TPSA) is 79.5 Å². The Labute approximate surface area is 98.8 Å². The van der Waals surface area contributed by atoms with Crippen molar-refractivity contribution in [2.45, 2.75) is 13.0 Å². The van der Waals surface area contributed by atoms with Gasteiger partial charge in [0.25, 0.3) is 5.91 Å². The second-order valence-corrected chi connectivity index (χ2v) is 3.94. The fourth-order valence-corrected chi connectivity index (χ4v) is 1.38. The third-order valence-electron chi connectivity index (χ3n) is 2.31. The summed E-state index contributed by atoms with van der Waals surface area (Å²) < 4.78 is 0. The van der Waals surface area contributed by atoms with Crippen molar-refractivity contribution < 1.29 is 9.90 Å². The van der Waals surface area contributed by atoms with Gasteiger partial charge in [-0.2, -0.15) is 0 Å². The Bertz CT molecular complexity index is 377. The maximum absolute atomic E-state index is 11.9. The largest absolute Gasteiger partial charge is 0.394 e. The first-order valence-electron chi connectivity index (χ1n) is 4.76. The lowest BCUT2D eigenvalue weighted by atomic mass is 10.2. The Morgan fingerprint density at radius 3 is 2.81 bits per heavy atom. The molecule has 0 spiro atoms. The minimum absolute atomic E-state index is 0.101. The van der Waals surface area contributed by atoms with Crippen LogP contribution in [0.1, 0.15) is 17.3 Å². The number of hydrogen-bond donors (Lipinski definition) is 2. The molecule has 16 heavy (non-hydrogen) atoms. The van der Waals surface area contributed by atoms with Crippen LogP contribution in [0.3, 0.4) is 0 Å². The van der Waals surface area contributed by atoms with Crippen molar-refractivity contribution in [3.63, 3.8) is 0 Å². The maximum atomic E-state index is 11.9. The summed E-state index contributed by atoms with van der Waals surface area (Å²) in [6, 6.07) is 2.64. The molecule has 1 amide bonds. The highest BCUT2D eigenvalue weighted by Gasteiger charge is 2.17. The van der Waals surface area contributed by atoms with Crippen molar-refractivity contribution in [2.24, 2.45) is 0 Å². The number of amides is 1. The molecule has 0 aliphatic rings. The van der Waals surface area contributed by atoms with E-state index in [-0.39, 0.29) is 29.5 Å². The van der Waals surface area contributed by atoms with E-state index in [4.69, 9.17) is 22.4 Å². The van der Waals surface area contributed by atoms with Gasteiger partial charge in [-0.1, -0.05) is 11.6 Å². The zero-order chi connectivity index (χ0) is 12.3. The van der Waals surface area contributed by atoms with Gasteiger partial charge in [0.2, 0.25) is 0 Å². The number of aliphatic hydroxyl groups is 1. The zero-order valence-corrected chi connectivity index (χ0v) is 9.90. The summed E-state index contributed by atoms with van der Waals surface area (Å²) in [5, 5.41) is 9.13. The number of aliphatic hydroxyl groups excluding tert-OH is 1. The van der Waals surface area contributed by atoms with Gasteiger partial charge in [-0.15, -0.1) is 0 Å². The van der Waals surface area contributed by atoms with Crippen LogP contribution in [0, 0.1) is 0 Å². The Morgan fingerprint density at radius 2 is 2.31 bits per heavy atom. The van der Waals surface area contributed by atoms with Crippen LogP contribution in [0.4, 0.5) is 5.82 Å². The summed E-state index contributed by atoms with van der Waals surface area (Å²) in [7, 11) is 1.60. The van der Waals surface area contributed by atoms with Gasteiger partial charge in [-0.25, -0.2) is 4.98 Å². The van der Waals surface area contributed by atoms with E-state index in [1.54, 1.807) is 14.0 Å². The van der Waals surface area contributed by atoms with Crippen LogP contribution >= 0.6 is 11.6 Å². The first kappa shape index (κ1) is 12.7. The summed E-state index contributed by atoms with van der Waals surface area (Å²) in [6.07, 6.45) is 0. The number of likely N-dealkylation sites (N-methyl/N-ethyl adjacent to an activating group) is 1. The van der Waals surface area contributed by atoms with Crippen LogP contribution in [0.5, 0.6) is 0 Å². The highest BCUT2D eigenvalue weighted by molar-refractivity contribution is 6.29. The zero-order valence-electron chi connectivity index (χ0n) is 9.14. The molecular formula is C10H14ClN3O2. The summed E-state index contributed by atoms with van der Waals surface area (Å²) in [6.45, 7) is 1.64. The quantitative estimate of drug-likeness (QED) is 0.769. The highest BCUT2D eigenvalue weighted by atomic mass is 35.5. The van der Waals surface area contributed by atoms with Crippen molar-refractivity contribution in [2.75, 3.05) is 19.4 Å². The van der Waals surface area contributed by atoms with Gasteiger partial charge in [-0.3, -0.25) is 4.79 Å². The average Bonchev–Trinajstić information content (AvgIpc) is 2.24. The predicted octanol–water partition coefficient (Wildman–Crippen LogP) is 0.770. The fraction of sp³-hybridized carbons (Fsp3) is 0.400. The number of aromatic nitrogens is 1. The van der Waals surface area contributed by atoms with Gasteiger partial charge in [-0.05, 0) is 19.1 Å². The lowest BCUT2D eigenvalue weighted by Gasteiger charge is -2.23. The second kappa shape index (κ2) is 5.14. The number of nitrogen functional groups attached to an aromatic ring is 1. The lowest BCUT2D eigenvalue weighted by Crippen LogP contribution is -2.37. The minimum Gasteiger partial charge on any atom is -0.394 e. The van der Waals surface area contributed by atoms with E-state index in [2.05, 4.69) is 4.98 Å². The molecule has 1 aromatic rings. The van der Waals surface area contributed by atoms with Crippen LogP contribution in [-0.4, -0.2) is 40.6 Å². The monoisotopic (exact) mass is 243 g/mol. The van der Waals surface area contributed by atoms with E-state index < -0.39 is 0 Å². The van der Waals surface area contributed by atoms with Crippen molar-refractivity contribution in [1.29, 1.82) is 0 Å². The minimum atomic E-state index is -0.263. The Morgan fingerprint density at radius 1 is 1.69 bits per heavy atom. The van der Waals surface area contributed by atoms with Gasteiger partial charge in [0, 0.05) is 12.6 Å². The van der Waals surface area contributed by atoms with Crippen LogP contribution in [0.2, 0.25) is 5.15 Å². The van der Waals surface area contributed by atoms with Crippen molar-refractivity contribution in [3.05, 3.63) is 22.8 Å². The molecule has 0 radical (unpaired) electrons. The number of carbonyl (C=O) groups excluding carboxylic acids is 1. The lowest BCUT2D eigenvalue weighted by molar-refractivity contribution is 0.0682. The molecule has 1 unspecified atom stereocenters. The van der Waals surface area contributed by atoms with Gasteiger partial charge in [0.05, 0.1) is 12.6 Å². The van der Waals surface area contributed by atoms with Gasteiger partial charge < -0.3 is 15.7 Å². The summed E-state index contributed by atoms with van der Waals surface area (Å²) in [4.78, 5) is 17.1. The maximum Gasteiger partial charge on any atom is 0.254 e. The molecule has 0 bridgehead atoms. The number of halogens is 1. The summed E-state index contributed by atoms with van der Waals surface area (Å²) in [5.74, 6) is -0.0570. The van der Waals surface area contributed by atoms with E-state index in [0.717, 1.165) is 0 Å². The van der Waals surface area contributed by atoms with Crippen molar-refractivity contribution >= 4 is 23.3 Å². The first-order valence-corrected chi connectivity index (χ1v) is 5.14. The Balaban J connectivity index is 2.96. The van der Waals surface area contributed by atoms with E-state index in [1.165, 1.54) is 17.0 Å². The number of rotatable bonds is 3. The standard InChI is InChI=1S/C10H14ClN3O2/c1-6(5-15)14(2)10(16)7-3-8(11)13-9(12)4-7/h3-4,6,15H,5H2,1-2H3,(H2,12,13). The number of nitrogens with zero attached hydrogens (tertiary/aromatic N) is 2. The van der Waals surface area contributed by atoms with Crippen LogP contribution in [-0.2, 0) is 0 Å². The second-order valence-electron chi connectivity index (χ2n) is 3.55. The molecule has 3 N–H and O–H groups in total. The van der Waals surface area contributed by atoms with Gasteiger partial charge in [0.1, 0.15) is 11.0 Å². The van der Waals surface area contributed by atoms with E-state index in [9.17, 15) is 4.79 Å². The third kappa shape index (κ3) is 2.84. The van der Waals surface area contributed by atoms with Crippen LogP contribution in [0.15, 0.2) is 12.1 Å². The summed E-state index contributed by atoms with van der Waals surface area (Å²) >= 11 is 5.70. The van der Waals surface area contributed by atoms with E-state index in [0.29, 0.717) is 5.56 Å². The molecule has 1 rings (SSSR count). The fourth-order valence-electron chi connectivity index (χ4n) is 1.17. The van der Waals surface area contributed by atoms with E-state index in [1.807, 2.05) is 0 Å². The molecule has 0 fully saturated rings. The molecule has 5 nitrogen and oxygen atoms in total. The molecule has 0 saturated carbocycles. The molecule has 0 aromatic carbocycles. The van der Waals surface area contributed by atoms with Crippen molar-refractivity contribution in [3.8, 4) is 0 Å². The van der Waals surface area contributed by atoms with Crippen LogP contribution < -0.4 is 5.73 Å². The molecule has 1 atom stereocenters. The predicted molar refractivity (Wildman–Crippen MR) is 62.3 cm³/mol. The number of anilines is 1. The average molecular weight is 244 g/mol. The molecule has 88 valence electrons. The molecule has 1 aromatic heterocycles. The SMILES string of the molecule is CC(CO)N(C)C(=O)c1cc(N)nc(Cl)c1. The van der Waals surface area contributed by atoms with Gasteiger partial charge >= 0.3 is 0 Å². The first-order chi connectivity index (χ1) is 7.45. The normalized spacial score (nSPS) is 12.2. The molecule has 1 heterocycles. The molecular weight excluding hydrogens is 230 g/mol. The number of hydrogen-bond acceptors (Lipinski definition) is 4. The summed E-state index contributed by atoms with van der Waals surface area (Å²) in [5.41, 5.74) is 5.85.